The SMILES string of the molecule is CC(=O)Nc1ccc(NC(=O)c2ccc3c(c2)C(=O)OC3=O)cc1NC(C)=O. The minimum Gasteiger partial charge on any atom is -0.386 e. The Balaban J connectivity index is 1.85. The molecule has 28 heavy (non-hydrogen) atoms. The van der Waals surface area contributed by atoms with Crippen LogP contribution in [0.1, 0.15) is 44.9 Å². The van der Waals surface area contributed by atoms with Gasteiger partial charge in [-0.1, -0.05) is 0 Å². The fourth-order valence-corrected chi connectivity index (χ4v) is 2.64. The lowest BCUT2D eigenvalue weighted by Gasteiger charge is -2.13. The number of anilines is 3. The van der Waals surface area contributed by atoms with Gasteiger partial charge in [0.2, 0.25) is 11.8 Å². The van der Waals surface area contributed by atoms with E-state index in [9.17, 15) is 24.0 Å². The van der Waals surface area contributed by atoms with E-state index in [-0.39, 0.29) is 28.5 Å². The van der Waals surface area contributed by atoms with Crippen molar-refractivity contribution in [2.24, 2.45) is 0 Å². The Labute approximate surface area is 159 Å². The third-order valence-corrected chi connectivity index (χ3v) is 3.81. The van der Waals surface area contributed by atoms with Gasteiger partial charge in [0.1, 0.15) is 0 Å². The molecular formula is C19H15N3O6. The van der Waals surface area contributed by atoms with Crippen molar-refractivity contribution in [1.82, 2.24) is 0 Å². The number of amides is 3. The average Bonchev–Trinajstić information content (AvgIpc) is 2.90. The van der Waals surface area contributed by atoms with Crippen LogP contribution in [-0.2, 0) is 14.3 Å². The zero-order chi connectivity index (χ0) is 20.4. The van der Waals surface area contributed by atoms with E-state index in [1.165, 1.54) is 44.2 Å². The van der Waals surface area contributed by atoms with Gasteiger partial charge in [0, 0.05) is 25.1 Å². The highest BCUT2D eigenvalue weighted by molar-refractivity contribution is 6.16. The molecule has 0 saturated heterocycles. The standard InChI is InChI=1S/C19H15N3O6/c1-9(23)20-15-6-4-12(8-16(15)21-10(2)24)22-17(25)11-3-5-13-14(7-11)19(27)28-18(13)26/h3-8H,1-2H3,(H,20,23)(H,21,24)(H,22,25). The molecule has 1 heterocycles. The molecule has 3 N–H and O–H groups in total. The first-order chi connectivity index (χ1) is 13.2. The van der Waals surface area contributed by atoms with Crippen LogP contribution in [0.2, 0.25) is 0 Å². The smallest absolute Gasteiger partial charge is 0.346 e. The number of nitrogens with one attached hydrogen (secondary N) is 3. The molecule has 0 radical (unpaired) electrons. The van der Waals surface area contributed by atoms with Crippen LogP contribution < -0.4 is 16.0 Å². The van der Waals surface area contributed by atoms with Gasteiger partial charge >= 0.3 is 11.9 Å². The molecule has 2 aromatic carbocycles. The Hall–Kier alpha value is -4.01. The van der Waals surface area contributed by atoms with Crippen LogP contribution in [0.4, 0.5) is 17.1 Å². The quantitative estimate of drug-likeness (QED) is 0.549. The van der Waals surface area contributed by atoms with Gasteiger partial charge < -0.3 is 20.7 Å². The highest BCUT2D eigenvalue weighted by Crippen LogP contribution is 2.27. The molecular weight excluding hydrogens is 366 g/mol. The normalized spacial score (nSPS) is 12.1. The van der Waals surface area contributed by atoms with Crippen molar-refractivity contribution in [3.05, 3.63) is 53.1 Å². The number of benzene rings is 2. The summed E-state index contributed by atoms with van der Waals surface area (Å²) in [5.74, 6) is -2.75. The van der Waals surface area contributed by atoms with Crippen LogP contribution >= 0.6 is 0 Å². The van der Waals surface area contributed by atoms with E-state index >= 15 is 0 Å². The predicted molar refractivity (Wildman–Crippen MR) is 99.2 cm³/mol. The molecule has 0 aliphatic carbocycles. The lowest BCUT2D eigenvalue weighted by Crippen LogP contribution is -2.15. The predicted octanol–water partition coefficient (Wildman–Crippen LogP) is 2.17. The largest absolute Gasteiger partial charge is 0.386 e. The molecule has 1 aliphatic heterocycles. The van der Waals surface area contributed by atoms with Crippen molar-refractivity contribution < 1.29 is 28.7 Å². The third kappa shape index (κ3) is 3.88. The third-order valence-electron chi connectivity index (χ3n) is 3.81. The molecule has 1 aliphatic rings. The Morgan fingerprint density at radius 2 is 1.39 bits per heavy atom. The van der Waals surface area contributed by atoms with Gasteiger partial charge in [-0.3, -0.25) is 14.4 Å². The first-order valence-electron chi connectivity index (χ1n) is 8.15. The van der Waals surface area contributed by atoms with Gasteiger partial charge in [0.25, 0.3) is 5.91 Å². The fraction of sp³-hybridized carbons (Fsp3) is 0.105. The Morgan fingerprint density at radius 1 is 0.750 bits per heavy atom. The van der Waals surface area contributed by atoms with Crippen molar-refractivity contribution in [1.29, 1.82) is 0 Å². The lowest BCUT2D eigenvalue weighted by atomic mass is 10.1. The molecule has 0 atom stereocenters. The Morgan fingerprint density at radius 3 is 2.07 bits per heavy atom. The van der Waals surface area contributed by atoms with Crippen molar-refractivity contribution in [3.63, 3.8) is 0 Å². The topological polar surface area (TPSA) is 131 Å². The Kier molecular flexibility index (Phi) is 4.90. The van der Waals surface area contributed by atoms with Gasteiger partial charge in [-0.05, 0) is 36.4 Å². The fourth-order valence-electron chi connectivity index (χ4n) is 2.64. The number of fused-ring (bicyclic) bond motifs is 1. The molecule has 0 unspecified atom stereocenters. The number of esters is 2. The molecule has 3 rings (SSSR count). The second-order valence-corrected chi connectivity index (χ2v) is 6.01. The molecule has 9 nitrogen and oxygen atoms in total. The minimum atomic E-state index is -0.803. The van der Waals surface area contributed by atoms with Crippen molar-refractivity contribution in [3.8, 4) is 0 Å². The van der Waals surface area contributed by atoms with Gasteiger partial charge in [-0.25, -0.2) is 9.59 Å². The number of rotatable bonds is 4. The van der Waals surface area contributed by atoms with E-state index in [1.807, 2.05) is 0 Å². The summed E-state index contributed by atoms with van der Waals surface area (Å²) >= 11 is 0. The maximum Gasteiger partial charge on any atom is 0.346 e. The van der Waals surface area contributed by atoms with Crippen LogP contribution in [0.3, 0.4) is 0 Å². The number of ether oxygens (including phenoxy) is 1. The molecule has 0 fully saturated rings. The highest BCUT2D eigenvalue weighted by Gasteiger charge is 2.30. The van der Waals surface area contributed by atoms with Crippen molar-refractivity contribution in [2.45, 2.75) is 13.8 Å². The number of cyclic esters (lactones) is 2. The summed E-state index contributed by atoms with van der Waals surface area (Å²) in [5.41, 5.74) is 1.31. The molecule has 142 valence electrons. The van der Waals surface area contributed by atoms with Crippen LogP contribution in [0.5, 0.6) is 0 Å². The van der Waals surface area contributed by atoms with E-state index in [4.69, 9.17) is 0 Å². The molecule has 0 bridgehead atoms. The number of hydrogen-bond donors (Lipinski definition) is 3. The first kappa shape index (κ1) is 18.8. The van der Waals surface area contributed by atoms with E-state index in [2.05, 4.69) is 20.7 Å². The monoisotopic (exact) mass is 381 g/mol. The average molecular weight is 381 g/mol. The molecule has 2 aromatic rings. The first-order valence-corrected chi connectivity index (χ1v) is 8.15. The van der Waals surface area contributed by atoms with Gasteiger partial charge in [0.05, 0.1) is 22.5 Å². The summed E-state index contributed by atoms with van der Waals surface area (Å²) in [6.07, 6.45) is 0. The Bertz CT molecular complexity index is 1040. The summed E-state index contributed by atoms with van der Waals surface area (Å²) < 4.78 is 4.50. The number of carbonyl (C=O) groups is 5. The van der Waals surface area contributed by atoms with E-state index < -0.39 is 17.8 Å². The summed E-state index contributed by atoms with van der Waals surface area (Å²) in [5, 5.41) is 7.78. The van der Waals surface area contributed by atoms with E-state index in [1.54, 1.807) is 6.07 Å². The van der Waals surface area contributed by atoms with Gasteiger partial charge in [-0.2, -0.15) is 0 Å². The molecule has 3 amide bonds. The van der Waals surface area contributed by atoms with E-state index in [0.717, 1.165) is 0 Å². The second kappa shape index (κ2) is 7.31. The van der Waals surface area contributed by atoms with Crippen LogP contribution in [0, 0.1) is 0 Å². The lowest BCUT2D eigenvalue weighted by molar-refractivity contribution is -0.115. The van der Waals surface area contributed by atoms with Crippen LogP contribution in [0.25, 0.3) is 0 Å². The summed E-state index contributed by atoms with van der Waals surface area (Å²) in [6, 6.07) is 8.57. The second-order valence-electron chi connectivity index (χ2n) is 6.01. The maximum absolute atomic E-state index is 12.5. The molecule has 0 saturated carbocycles. The minimum absolute atomic E-state index is 0.0255. The zero-order valence-electron chi connectivity index (χ0n) is 14.9. The molecule has 0 spiro atoms. The summed E-state index contributed by atoms with van der Waals surface area (Å²) in [4.78, 5) is 58.3. The maximum atomic E-state index is 12.5. The number of hydrogen-bond acceptors (Lipinski definition) is 6. The zero-order valence-corrected chi connectivity index (χ0v) is 14.9. The summed E-state index contributed by atoms with van der Waals surface area (Å²) in [7, 11) is 0. The van der Waals surface area contributed by atoms with Crippen LogP contribution in [0.15, 0.2) is 36.4 Å². The van der Waals surface area contributed by atoms with Gasteiger partial charge in [0.15, 0.2) is 0 Å². The van der Waals surface area contributed by atoms with Gasteiger partial charge in [-0.15, -0.1) is 0 Å². The highest BCUT2D eigenvalue weighted by atomic mass is 16.6. The van der Waals surface area contributed by atoms with Crippen molar-refractivity contribution in [2.75, 3.05) is 16.0 Å². The molecule has 0 aromatic heterocycles. The summed E-state index contributed by atoms with van der Waals surface area (Å²) in [6.45, 7) is 2.64. The number of carbonyl (C=O) groups excluding carboxylic acids is 5. The molecule has 9 heteroatoms. The van der Waals surface area contributed by atoms with Crippen molar-refractivity contribution >= 4 is 46.7 Å². The van der Waals surface area contributed by atoms with Crippen LogP contribution in [-0.4, -0.2) is 29.7 Å². The van der Waals surface area contributed by atoms with E-state index in [0.29, 0.717) is 17.1 Å².